The molecule has 0 saturated carbocycles. The number of nitrogens with zero attached hydrogens (tertiary/aromatic N) is 3. The van der Waals surface area contributed by atoms with E-state index in [1.165, 1.54) is 18.7 Å². The lowest BCUT2D eigenvalue weighted by Gasteiger charge is -2.13. The van der Waals surface area contributed by atoms with Crippen LogP contribution in [0.15, 0.2) is 42.0 Å². The molecule has 194 valence electrons. The summed E-state index contributed by atoms with van der Waals surface area (Å²) in [6, 6.07) is 12.5. The maximum Gasteiger partial charge on any atom is 0.445 e. The van der Waals surface area contributed by atoms with Gasteiger partial charge in [0.2, 0.25) is 10.1 Å². The summed E-state index contributed by atoms with van der Waals surface area (Å²) in [7, 11) is 1.44. The molecule has 0 spiro atoms. The highest BCUT2D eigenvalue weighted by Gasteiger charge is 2.35. The van der Waals surface area contributed by atoms with Crippen molar-refractivity contribution in [1.29, 1.82) is 5.26 Å². The number of halogens is 3. The molecule has 0 bridgehead atoms. The van der Waals surface area contributed by atoms with E-state index in [4.69, 9.17) is 14.2 Å². The Labute approximate surface area is 215 Å². The Balaban J connectivity index is 1.63. The average molecular weight is 533 g/mol. The second-order valence-corrected chi connectivity index (χ2v) is 8.63. The van der Waals surface area contributed by atoms with E-state index in [2.05, 4.69) is 28.5 Å². The van der Waals surface area contributed by atoms with Crippen LogP contribution in [-0.2, 0) is 17.4 Å². The lowest BCUT2D eigenvalue weighted by molar-refractivity contribution is -0.138. The molecule has 0 fully saturated rings. The molecule has 0 aliphatic heterocycles. The van der Waals surface area contributed by atoms with Crippen molar-refractivity contribution in [2.45, 2.75) is 26.4 Å². The van der Waals surface area contributed by atoms with E-state index >= 15 is 0 Å². The Morgan fingerprint density at radius 1 is 1.14 bits per heavy atom. The van der Waals surface area contributed by atoms with E-state index in [0.29, 0.717) is 23.7 Å². The first kappa shape index (κ1) is 27.5. The van der Waals surface area contributed by atoms with Crippen molar-refractivity contribution in [3.8, 4) is 23.3 Å². The first-order valence-corrected chi connectivity index (χ1v) is 11.8. The second-order valence-electron chi connectivity index (χ2n) is 7.65. The van der Waals surface area contributed by atoms with Gasteiger partial charge in [-0.25, -0.2) is 0 Å². The van der Waals surface area contributed by atoms with Gasteiger partial charge in [-0.05, 0) is 60.4 Å². The van der Waals surface area contributed by atoms with Crippen molar-refractivity contribution in [2.24, 2.45) is 0 Å². The van der Waals surface area contributed by atoms with Crippen molar-refractivity contribution in [3.05, 3.63) is 63.7 Å². The van der Waals surface area contributed by atoms with Gasteiger partial charge in [-0.2, -0.15) is 18.4 Å². The first-order chi connectivity index (χ1) is 17.6. The maximum atomic E-state index is 12.7. The summed E-state index contributed by atoms with van der Waals surface area (Å²) < 4.78 is 54.9. The van der Waals surface area contributed by atoms with E-state index in [0.717, 1.165) is 17.7 Å². The van der Waals surface area contributed by atoms with Crippen LogP contribution in [0.25, 0.3) is 6.08 Å². The molecular weight excluding hydrogens is 509 g/mol. The summed E-state index contributed by atoms with van der Waals surface area (Å²) in [6.07, 6.45) is -2.51. The number of hydrogen-bond donors (Lipinski definition) is 1. The number of ether oxygens (including phenoxy) is 3. The highest BCUT2D eigenvalue weighted by Crippen LogP contribution is 2.33. The van der Waals surface area contributed by atoms with Gasteiger partial charge in [0.05, 0.1) is 7.11 Å². The Morgan fingerprint density at radius 2 is 1.89 bits per heavy atom. The van der Waals surface area contributed by atoms with Gasteiger partial charge < -0.3 is 14.2 Å². The lowest BCUT2D eigenvalue weighted by atomic mass is 10.1. The van der Waals surface area contributed by atoms with Crippen molar-refractivity contribution < 1.29 is 32.2 Å². The van der Waals surface area contributed by atoms with E-state index < -0.39 is 17.1 Å². The van der Waals surface area contributed by atoms with E-state index in [-0.39, 0.29) is 28.6 Å². The van der Waals surface area contributed by atoms with Crippen LogP contribution < -0.4 is 19.5 Å². The minimum Gasteiger partial charge on any atom is -0.493 e. The molecule has 12 heteroatoms. The molecule has 0 atom stereocenters. The number of nitrogens with one attached hydrogen (secondary N) is 1. The molecule has 0 aliphatic carbocycles. The molecule has 1 amide bonds. The average Bonchev–Trinajstić information content (AvgIpc) is 3.34. The smallest absolute Gasteiger partial charge is 0.445 e. The molecule has 2 aromatic carbocycles. The van der Waals surface area contributed by atoms with Crippen LogP contribution in [-0.4, -0.2) is 36.4 Å². The SMILES string of the molecule is CCc1cc(C)cc(OCCOc2ccc(C=C(C#N)C(=O)Nc3nnc(C(F)(F)F)s3)cc2OC)c1. The summed E-state index contributed by atoms with van der Waals surface area (Å²) in [4.78, 5) is 12.4. The fraction of sp³-hybridized carbons (Fsp3) is 0.280. The number of aromatic nitrogens is 2. The fourth-order valence-corrected chi connectivity index (χ4v) is 3.79. The van der Waals surface area contributed by atoms with Crippen molar-refractivity contribution in [1.82, 2.24) is 10.2 Å². The third kappa shape index (κ3) is 7.68. The Kier molecular flexibility index (Phi) is 9.08. The Bertz CT molecular complexity index is 1330. The van der Waals surface area contributed by atoms with Crippen LogP contribution in [0.1, 0.15) is 28.6 Å². The van der Waals surface area contributed by atoms with E-state index in [1.54, 1.807) is 24.3 Å². The minimum atomic E-state index is -4.68. The van der Waals surface area contributed by atoms with Crippen molar-refractivity contribution in [3.63, 3.8) is 0 Å². The lowest BCUT2D eigenvalue weighted by Crippen LogP contribution is -2.13. The first-order valence-electron chi connectivity index (χ1n) is 11.0. The number of methoxy groups -OCH3 is 1. The van der Waals surface area contributed by atoms with Gasteiger partial charge in [-0.1, -0.05) is 30.4 Å². The van der Waals surface area contributed by atoms with Gasteiger partial charge >= 0.3 is 6.18 Å². The van der Waals surface area contributed by atoms with Crippen molar-refractivity contribution >= 4 is 28.5 Å². The van der Waals surface area contributed by atoms with Crippen LogP contribution in [0.4, 0.5) is 18.3 Å². The van der Waals surface area contributed by atoms with E-state index in [9.17, 15) is 23.2 Å². The van der Waals surface area contributed by atoms with Gasteiger partial charge in [-0.3, -0.25) is 10.1 Å². The van der Waals surface area contributed by atoms with Crippen LogP contribution in [0.3, 0.4) is 0 Å². The largest absolute Gasteiger partial charge is 0.493 e. The van der Waals surface area contributed by atoms with Gasteiger partial charge in [0.15, 0.2) is 11.5 Å². The molecule has 0 radical (unpaired) electrons. The second kappa shape index (κ2) is 12.2. The van der Waals surface area contributed by atoms with Gasteiger partial charge in [0.25, 0.3) is 5.91 Å². The predicted octanol–water partition coefficient (Wildman–Crippen LogP) is 5.44. The molecule has 1 N–H and O–H groups in total. The standard InChI is InChI=1S/C25H23F3N4O4S/c1-4-16-9-15(2)10-19(12-16)35-7-8-36-20-6-5-17(13-21(20)34-3)11-18(14-29)22(33)30-24-32-31-23(37-24)25(26,27)28/h5-6,9-13H,4,7-8H2,1-3H3,(H,30,32,33). The number of aryl methyl sites for hydroxylation is 2. The number of carbonyl (C=O) groups excluding carboxylic acids is 1. The summed E-state index contributed by atoms with van der Waals surface area (Å²) in [5.41, 5.74) is 2.38. The molecule has 0 unspecified atom stereocenters. The quantitative estimate of drug-likeness (QED) is 0.211. The van der Waals surface area contributed by atoms with Crippen LogP contribution in [0.2, 0.25) is 0 Å². The fourth-order valence-electron chi connectivity index (χ4n) is 3.18. The Morgan fingerprint density at radius 3 is 2.54 bits per heavy atom. The van der Waals surface area contributed by atoms with Crippen molar-refractivity contribution in [2.75, 3.05) is 25.6 Å². The van der Waals surface area contributed by atoms with Gasteiger partial charge in [-0.15, -0.1) is 10.2 Å². The molecule has 1 heterocycles. The van der Waals surface area contributed by atoms with E-state index in [1.807, 2.05) is 19.1 Å². The normalized spacial score (nSPS) is 11.5. The minimum absolute atomic E-state index is 0.158. The number of carbonyl (C=O) groups is 1. The number of amides is 1. The number of rotatable bonds is 10. The summed E-state index contributed by atoms with van der Waals surface area (Å²) in [5.74, 6) is 0.622. The zero-order valence-electron chi connectivity index (χ0n) is 20.2. The summed E-state index contributed by atoms with van der Waals surface area (Å²) >= 11 is 0.158. The number of nitriles is 1. The van der Waals surface area contributed by atoms with Crippen LogP contribution in [0, 0.1) is 18.3 Å². The zero-order chi connectivity index (χ0) is 27.0. The number of alkyl halides is 3. The topological polar surface area (TPSA) is 106 Å². The number of hydrogen-bond acceptors (Lipinski definition) is 8. The summed E-state index contributed by atoms with van der Waals surface area (Å²) in [5, 5.41) is 16.2. The molecular formula is C25H23F3N4O4S. The number of benzene rings is 2. The highest BCUT2D eigenvalue weighted by atomic mass is 32.1. The molecule has 8 nitrogen and oxygen atoms in total. The van der Waals surface area contributed by atoms with Gasteiger partial charge in [0, 0.05) is 0 Å². The Hall–Kier alpha value is -4.11. The molecule has 0 saturated heterocycles. The number of anilines is 1. The summed E-state index contributed by atoms with van der Waals surface area (Å²) in [6.45, 7) is 4.63. The van der Waals surface area contributed by atoms with Gasteiger partial charge in [0.1, 0.15) is 30.6 Å². The van der Waals surface area contributed by atoms with Crippen LogP contribution in [0.5, 0.6) is 17.2 Å². The molecule has 37 heavy (non-hydrogen) atoms. The van der Waals surface area contributed by atoms with Crippen LogP contribution >= 0.6 is 11.3 Å². The third-order valence-electron chi connectivity index (χ3n) is 4.88. The maximum absolute atomic E-state index is 12.7. The molecule has 1 aromatic heterocycles. The molecule has 0 aliphatic rings. The predicted molar refractivity (Wildman–Crippen MR) is 132 cm³/mol. The highest BCUT2D eigenvalue weighted by molar-refractivity contribution is 7.15. The molecule has 3 rings (SSSR count). The molecule has 3 aromatic rings. The zero-order valence-corrected chi connectivity index (χ0v) is 21.0. The third-order valence-corrected chi connectivity index (χ3v) is 5.76. The monoisotopic (exact) mass is 532 g/mol.